The molecule has 0 saturated heterocycles. The first-order valence-corrected chi connectivity index (χ1v) is 13.7. The quantitative estimate of drug-likeness (QED) is 0.128. The van der Waals surface area contributed by atoms with Gasteiger partial charge in [0.25, 0.3) is 21.6 Å². The Morgan fingerprint density at radius 1 is 1.03 bits per heavy atom. The van der Waals surface area contributed by atoms with Crippen molar-refractivity contribution in [1.82, 2.24) is 15.4 Å². The Balaban J connectivity index is 1.46. The Bertz CT molecular complexity index is 1680. The van der Waals surface area contributed by atoms with Crippen LogP contribution < -0.4 is 10.1 Å². The Hall–Kier alpha value is -4.62. The number of benzene rings is 3. The highest BCUT2D eigenvalue weighted by atomic mass is 32.2. The summed E-state index contributed by atoms with van der Waals surface area (Å²) in [5.41, 5.74) is 4.79. The summed E-state index contributed by atoms with van der Waals surface area (Å²) >= 11 is 1.05. The van der Waals surface area contributed by atoms with Crippen LogP contribution in [0.4, 0.5) is 11.4 Å². The van der Waals surface area contributed by atoms with Crippen molar-refractivity contribution in [2.24, 2.45) is 5.10 Å². The fourth-order valence-electron chi connectivity index (χ4n) is 3.45. The van der Waals surface area contributed by atoms with Gasteiger partial charge in [-0.1, -0.05) is 29.8 Å². The van der Waals surface area contributed by atoms with Crippen LogP contribution in [0.2, 0.25) is 0 Å². The second kappa shape index (κ2) is 11.8. The summed E-state index contributed by atoms with van der Waals surface area (Å²) in [7, 11) is -3.95. The van der Waals surface area contributed by atoms with E-state index in [2.05, 4.69) is 25.2 Å². The average molecular weight is 563 g/mol. The molecular formula is C26H22N6O5S2. The molecule has 0 aliphatic heterocycles. The highest BCUT2D eigenvalue weighted by Crippen LogP contribution is 2.33. The number of sulfonamides is 1. The maximum atomic E-state index is 12.9. The molecule has 0 spiro atoms. The minimum atomic E-state index is -3.95. The fraction of sp³-hybridized carbons (Fsp3) is 0.0769. The molecule has 0 aliphatic carbocycles. The third-order valence-electron chi connectivity index (χ3n) is 5.34. The first-order valence-electron chi connectivity index (χ1n) is 11.4. The van der Waals surface area contributed by atoms with Gasteiger partial charge >= 0.3 is 0 Å². The molecule has 13 heteroatoms. The van der Waals surface area contributed by atoms with E-state index in [9.17, 15) is 23.3 Å². The SMILES string of the molecule is Cc1ccc(NS(=O)(=O)c2cccc(C(=O)NN=Cc3ccc(Sc4ncccn4)c([N+](=O)[O-])c3)c2)c(C)c1. The summed E-state index contributed by atoms with van der Waals surface area (Å²) < 4.78 is 28.4. The summed E-state index contributed by atoms with van der Waals surface area (Å²) in [4.78, 5) is 32.0. The number of nitrogens with one attached hydrogen (secondary N) is 2. The van der Waals surface area contributed by atoms with Gasteiger partial charge in [-0.25, -0.2) is 23.8 Å². The van der Waals surface area contributed by atoms with Gasteiger partial charge in [-0.2, -0.15) is 5.10 Å². The molecule has 11 nitrogen and oxygen atoms in total. The van der Waals surface area contributed by atoms with E-state index in [1.807, 2.05) is 13.0 Å². The second-order valence-electron chi connectivity index (χ2n) is 8.27. The Labute approximate surface area is 228 Å². The highest BCUT2D eigenvalue weighted by Gasteiger charge is 2.18. The van der Waals surface area contributed by atoms with E-state index in [1.165, 1.54) is 48.9 Å². The van der Waals surface area contributed by atoms with E-state index < -0.39 is 20.9 Å². The molecule has 0 radical (unpaired) electrons. The van der Waals surface area contributed by atoms with Crippen LogP contribution in [-0.4, -0.2) is 35.4 Å². The molecule has 2 N–H and O–H groups in total. The number of nitrogens with zero attached hydrogens (tertiary/aromatic N) is 4. The van der Waals surface area contributed by atoms with Gasteiger partial charge in [0.2, 0.25) is 0 Å². The zero-order valence-corrected chi connectivity index (χ0v) is 22.4. The minimum absolute atomic E-state index is 0.0660. The predicted molar refractivity (Wildman–Crippen MR) is 147 cm³/mol. The van der Waals surface area contributed by atoms with Gasteiger partial charge in [0.15, 0.2) is 5.16 Å². The van der Waals surface area contributed by atoms with Crippen LogP contribution in [-0.2, 0) is 10.0 Å². The van der Waals surface area contributed by atoms with Crippen LogP contribution in [0.15, 0.2) is 99.2 Å². The lowest BCUT2D eigenvalue weighted by atomic mass is 10.1. The number of nitro benzene ring substituents is 1. The molecule has 3 aromatic carbocycles. The van der Waals surface area contributed by atoms with E-state index in [1.54, 1.807) is 37.3 Å². The zero-order chi connectivity index (χ0) is 28.0. The maximum Gasteiger partial charge on any atom is 0.283 e. The van der Waals surface area contributed by atoms with Crippen molar-refractivity contribution in [2.45, 2.75) is 28.8 Å². The number of hydrazone groups is 1. The van der Waals surface area contributed by atoms with Crippen LogP contribution in [0.25, 0.3) is 0 Å². The Morgan fingerprint density at radius 2 is 1.79 bits per heavy atom. The lowest BCUT2D eigenvalue weighted by Gasteiger charge is -2.12. The van der Waals surface area contributed by atoms with E-state index in [4.69, 9.17) is 0 Å². The summed E-state index contributed by atoms with van der Waals surface area (Å²) in [6, 6.07) is 16.9. The number of aryl methyl sites for hydroxylation is 2. The number of hydrogen-bond acceptors (Lipinski definition) is 9. The van der Waals surface area contributed by atoms with Gasteiger partial charge in [0, 0.05) is 29.6 Å². The molecule has 198 valence electrons. The number of hydrogen-bond donors (Lipinski definition) is 2. The molecule has 0 unspecified atom stereocenters. The molecular weight excluding hydrogens is 540 g/mol. The highest BCUT2D eigenvalue weighted by molar-refractivity contribution is 7.99. The molecule has 0 fully saturated rings. The largest absolute Gasteiger partial charge is 0.283 e. The number of anilines is 1. The van der Waals surface area contributed by atoms with E-state index in [-0.39, 0.29) is 16.1 Å². The van der Waals surface area contributed by atoms with Gasteiger partial charge in [-0.05, 0) is 67.6 Å². The monoisotopic (exact) mass is 562 g/mol. The summed E-state index contributed by atoms with van der Waals surface area (Å²) in [5, 5.41) is 15.8. The Kier molecular flexibility index (Phi) is 8.32. The summed E-state index contributed by atoms with van der Waals surface area (Å²) in [6.45, 7) is 3.71. The van der Waals surface area contributed by atoms with Crippen LogP contribution in [0.5, 0.6) is 0 Å². The third-order valence-corrected chi connectivity index (χ3v) is 7.66. The number of aromatic nitrogens is 2. The lowest BCUT2D eigenvalue weighted by Crippen LogP contribution is -2.19. The van der Waals surface area contributed by atoms with Crippen molar-refractivity contribution in [1.29, 1.82) is 0 Å². The van der Waals surface area contributed by atoms with Crippen LogP contribution in [0, 0.1) is 24.0 Å². The van der Waals surface area contributed by atoms with Gasteiger partial charge in [-0.3, -0.25) is 19.6 Å². The predicted octanol–water partition coefficient (Wildman–Crippen LogP) is 4.72. The lowest BCUT2D eigenvalue weighted by molar-refractivity contribution is -0.387. The van der Waals surface area contributed by atoms with Crippen LogP contribution >= 0.6 is 11.8 Å². The molecule has 0 aliphatic rings. The third kappa shape index (κ3) is 7.03. The van der Waals surface area contributed by atoms with E-state index in [0.717, 1.165) is 22.9 Å². The van der Waals surface area contributed by atoms with Crippen molar-refractivity contribution >= 4 is 45.3 Å². The fourth-order valence-corrected chi connectivity index (χ4v) is 5.42. The summed E-state index contributed by atoms with van der Waals surface area (Å²) in [6.07, 6.45) is 4.33. The standard InChI is InChI=1S/C26H22N6O5S2/c1-17-7-9-22(18(2)13-17)31-39(36,37)21-6-3-5-20(15-21)25(33)30-29-16-19-8-10-24(23(14-19)32(34)35)38-26-27-11-4-12-28-26/h3-16,31H,1-2H3,(H,30,33). The van der Waals surface area contributed by atoms with Crippen LogP contribution in [0.3, 0.4) is 0 Å². The van der Waals surface area contributed by atoms with Crippen molar-refractivity contribution < 1.29 is 18.1 Å². The molecule has 0 atom stereocenters. The summed E-state index contributed by atoms with van der Waals surface area (Å²) in [5.74, 6) is -0.655. The number of rotatable bonds is 9. The van der Waals surface area contributed by atoms with Crippen molar-refractivity contribution in [3.63, 3.8) is 0 Å². The molecule has 1 amide bonds. The van der Waals surface area contributed by atoms with Gasteiger partial charge < -0.3 is 0 Å². The first-order chi connectivity index (χ1) is 18.6. The van der Waals surface area contributed by atoms with E-state index in [0.29, 0.717) is 21.3 Å². The van der Waals surface area contributed by atoms with Crippen molar-refractivity contribution in [3.8, 4) is 0 Å². The number of carbonyl (C=O) groups excluding carboxylic acids is 1. The number of nitro groups is 1. The number of carbonyl (C=O) groups is 1. The molecule has 0 bridgehead atoms. The molecule has 4 rings (SSSR count). The van der Waals surface area contributed by atoms with Crippen LogP contribution in [0.1, 0.15) is 27.0 Å². The van der Waals surface area contributed by atoms with Gasteiger partial charge in [0.05, 0.1) is 26.6 Å². The van der Waals surface area contributed by atoms with Crippen molar-refractivity contribution in [3.05, 3.63) is 111 Å². The first kappa shape index (κ1) is 27.4. The second-order valence-corrected chi connectivity index (χ2v) is 11.0. The van der Waals surface area contributed by atoms with E-state index >= 15 is 0 Å². The number of amides is 1. The topological polar surface area (TPSA) is 157 Å². The van der Waals surface area contributed by atoms with Gasteiger partial charge in [-0.15, -0.1) is 0 Å². The molecule has 1 aromatic heterocycles. The molecule has 4 aromatic rings. The zero-order valence-electron chi connectivity index (χ0n) is 20.7. The average Bonchev–Trinajstić information content (AvgIpc) is 2.91. The molecule has 1 heterocycles. The van der Waals surface area contributed by atoms with Gasteiger partial charge in [0.1, 0.15) is 0 Å². The minimum Gasteiger partial charge on any atom is -0.279 e. The molecule has 0 saturated carbocycles. The molecule has 39 heavy (non-hydrogen) atoms. The Morgan fingerprint density at radius 3 is 2.51 bits per heavy atom. The normalized spacial score (nSPS) is 11.3. The maximum absolute atomic E-state index is 12.9. The smallest absolute Gasteiger partial charge is 0.279 e. The van der Waals surface area contributed by atoms with Crippen molar-refractivity contribution in [2.75, 3.05) is 4.72 Å².